The molecule has 0 aliphatic carbocycles. The zero-order chi connectivity index (χ0) is 15.5. The normalized spacial score (nSPS) is 17.9. The molecule has 0 saturated heterocycles. The average Bonchev–Trinajstić information content (AvgIpc) is 2.84. The fraction of sp³-hybridized carbons (Fsp3) is 0.389. The standard InChI is InChI=1S/C18H24N4/c1-21(2)11-14-5-6-16-13-22(18(9-19)17(16)8-14)12-15-4-3-7-20-10-15/h3-8,10,18H,9,11-13,19H2,1-2H3. The van der Waals surface area contributed by atoms with Crippen LogP contribution in [0.15, 0.2) is 42.7 Å². The summed E-state index contributed by atoms with van der Waals surface area (Å²) in [6.45, 7) is 3.48. The van der Waals surface area contributed by atoms with Gasteiger partial charge in [0, 0.05) is 44.6 Å². The van der Waals surface area contributed by atoms with E-state index in [0.717, 1.165) is 19.6 Å². The SMILES string of the molecule is CN(C)Cc1ccc2c(c1)C(CN)N(Cc1cccnc1)C2. The van der Waals surface area contributed by atoms with Crippen LogP contribution in [0.1, 0.15) is 28.3 Å². The number of fused-ring (bicyclic) bond motifs is 1. The van der Waals surface area contributed by atoms with Gasteiger partial charge in [0.15, 0.2) is 0 Å². The third kappa shape index (κ3) is 3.19. The van der Waals surface area contributed by atoms with Crippen molar-refractivity contribution in [3.8, 4) is 0 Å². The van der Waals surface area contributed by atoms with Gasteiger partial charge in [0.1, 0.15) is 0 Å². The number of nitrogens with two attached hydrogens (primary N) is 1. The maximum atomic E-state index is 6.08. The highest BCUT2D eigenvalue weighted by molar-refractivity contribution is 5.38. The van der Waals surface area contributed by atoms with Crippen LogP contribution in [0, 0.1) is 0 Å². The van der Waals surface area contributed by atoms with Crippen LogP contribution < -0.4 is 5.73 Å². The molecule has 1 unspecified atom stereocenters. The monoisotopic (exact) mass is 296 g/mol. The minimum atomic E-state index is 0.303. The van der Waals surface area contributed by atoms with Crippen LogP contribution in [-0.2, 0) is 19.6 Å². The molecule has 1 aliphatic rings. The van der Waals surface area contributed by atoms with E-state index in [1.165, 1.54) is 22.3 Å². The van der Waals surface area contributed by atoms with Crippen molar-refractivity contribution in [2.24, 2.45) is 5.73 Å². The summed E-state index contributed by atoms with van der Waals surface area (Å²) in [5, 5.41) is 0. The Morgan fingerprint density at radius 1 is 1.27 bits per heavy atom. The Hall–Kier alpha value is -1.75. The van der Waals surface area contributed by atoms with E-state index in [9.17, 15) is 0 Å². The first-order valence-corrected chi connectivity index (χ1v) is 7.77. The Balaban J connectivity index is 1.81. The van der Waals surface area contributed by atoms with Crippen molar-refractivity contribution < 1.29 is 0 Å². The quantitative estimate of drug-likeness (QED) is 0.918. The summed E-state index contributed by atoms with van der Waals surface area (Å²) in [4.78, 5) is 8.85. The van der Waals surface area contributed by atoms with E-state index in [-0.39, 0.29) is 0 Å². The molecule has 0 fully saturated rings. The van der Waals surface area contributed by atoms with Gasteiger partial charge in [-0.2, -0.15) is 0 Å². The van der Waals surface area contributed by atoms with Crippen LogP contribution in [-0.4, -0.2) is 35.4 Å². The Bertz CT molecular complexity index is 624. The summed E-state index contributed by atoms with van der Waals surface area (Å²) in [5.74, 6) is 0. The lowest BCUT2D eigenvalue weighted by Crippen LogP contribution is -2.27. The van der Waals surface area contributed by atoms with Gasteiger partial charge in [-0.25, -0.2) is 0 Å². The number of hydrogen-bond acceptors (Lipinski definition) is 4. The first-order chi connectivity index (χ1) is 10.7. The summed E-state index contributed by atoms with van der Waals surface area (Å²) in [6.07, 6.45) is 3.75. The minimum Gasteiger partial charge on any atom is -0.329 e. The van der Waals surface area contributed by atoms with Gasteiger partial charge in [-0.15, -0.1) is 0 Å². The smallest absolute Gasteiger partial charge is 0.0480 e. The summed E-state index contributed by atoms with van der Waals surface area (Å²) >= 11 is 0. The molecule has 0 radical (unpaired) electrons. The highest BCUT2D eigenvalue weighted by atomic mass is 15.2. The van der Waals surface area contributed by atoms with Gasteiger partial charge >= 0.3 is 0 Å². The Morgan fingerprint density at radius 3 is 2.82 bits per heavy atom. The molecule has 116 valence electrons. The van der Waals surface area contributed by atoms with Crippen LogP contribution in [0.25, 0.3) is 0 Å². The second kappa shape index (κ2) is 6.57. The molecule has 1 aliphatic heterocycles. The Labute approximate surface area is 132 Å². The van der Waals surface area contributed by atoms with Crippen molar-refractivity contribution >= 4 is 0 Å². The lowest BCUT2D eigenvalue weighted by atomic mass is 10.0. The van der Waals surface area contributed by atoms with Crippen molar-refractivity contribution in [1.29, 1.82) is 0 Å². The van der Waals surface area contributed by atoms with Gasteiger partial charge < -0.3 is 10.6 Å². The fourth-order valence-electron chi connectivity index (χ4n) is 3.26. The van der Waals surface area contributed by atoms with E-state index in [4.69, 9.17) is 5.73 Å². The third-order valence-electron chi connectivity index (χ3n) is 4.21. The molecule has 0 spiro atoms. The molecule has 4 nitrogen and oxygen atoms in total. The molecular formula is C18H24N4. The molecule has 4 heteroatoms. The fourth-order valence-corrected chi connectivity index (χ4v) is 3.26. The van der Waals surface area contributed by atoms with Crippen LogP contribution in [0.2, 0.25) is 0 Å². The largest absolute Gasteiger partial charge is 0.329 e. The maximum absolute atomic E-state index is 6.08. The molecule has 2 heterocycles. The number of benzene rings is 1. The molecule has 0 bridgehead atoms. The molecule has 1 atom stereocenters. The molecule has 0 amide bonds. The Kier molecular flexibility index (Phi) is 4.52. The maximum Gasteiger partial charge on any atom is 0.0480 e. The lowest BCUT2D eigenvalue weighted by molar-refractivity contribution is 0.210. The van der Waals surface area contributed by atoms with E-state index in [1.807, 2.05) is 18.5 Å². The van der Waals surface area contributed by atoms with E-state index < -0.39 is 0 Å². The predicted octanol–water partition coefficient (Wildman–Crippen LogP) is 2.16. The average molecular weight is 296 g/mol. The highest BCUT2D eigenvalue weighted by Gasteiger charge is 2.29. The zero-order valence-electron chi connectivity index (χ0n) is 13.4. The summed E-state index contributed by atoms with van der Waals surface area (Å²) < 4.78 is 0. The summed E-state index contributed by atoms with van der Waals surface area (Å²) in [5.41, 5.74) is 11.5. The van der Waals surface area contributed by atoms with Crippen molar-refractivity contribution in [3.05, 3.63) is 65.0 Å². The van der Waals surface area contributed by atoms with Crippen LogP contribution in [0.4, 0.5) is 0 Å². The molecule has 2 N–H and O–H groups in total. The third-order valence-corrected chi connectivity index (χ3v) is 4.21. The molecular weight excluding hydrogens is 272 g/mol. The molecule has 1 aromatic heterocycles. The van der Waals surface area contributed by atoms with Gasteiger partial charge in [0.25, 0.3) is 0 Å². The highest BCUT2D eigenvalue weighted by Crippen LogP contribution is 2.34. The van der Waals surface area contributed by atoms with Gasteiger partial charge in [-0.3, -0.25) is 9.88 Å². The predicted molar refractivity (Wildman–Crippen MR) is 89.1 cm³/mol. The van der Waals surface area contributed by atoms with Crippen molar-refractivity contribution in [1.82, 2.24) is 14.8 Å². The topological polar surface area (TPSA) is 45.4 Å². The van der Waals surface area contributed by atoms with E-state index >= 15 is 0 Å². The van der Waals surface area contributed by atoms with Crippen LogP contribution >= 0.6 is 0 Å². The first kappa shape index (κ1) is 15.2. The number of aromatic nitrogens is 1. The van der Waals surface area contributed by atoms with Crippen LogP contribution in [0.3, 0.4) is 0 Å². The molecule has 2 aromatic rings. The van der Waals surface area contributed by atoms with E-state index in [0.29, 0.717) is 12.6 Å². The number of rotatable bonds is 5. The van der Waals surface area contributed by atoms with Gasteiger partial charge in [-0.1, -0.05) is 24.3 Å². The van der Waals surface area contributed by atoms with Crippen molar-refractivity contribution in [2.45, 2.75) is 25.7 Å². The summed E-state index contributed by atoms with van der Waals surface area (Å²) in [6, 6.07) is 11.2. The number of pyridine rings is 1. The van der Waals surface area contributed by atoms with Crippen molar-refractivity contribution in [2.75, 3.05) is 20.6 Å². The van der Waals surface area contributed by atoms with Gasteiger partial charge in [0.05, 0.1) is 0 Å². The molecule has 0 saturated carbocycles. The molecule has 22 heavy (non-hydrogen) atoms. The first-order valence-electron chi connectivity index (χ1n) is 7.77. The number of nitrogens with zero attached hydrogens (tertiary/aromatic N) is 3. The van der Waals surface area contributed by atoms with Crippen molar-refractivity contribution in [3.63, 3.8) is 0 Å². The molecule has 3 rings (SSSR count). The second-order valence-electron chi connectivity index (χ2n) is 6.29. The lowest BCUT2D eigenvalue weighted by Gasteiger charge is -2.23. The van der Waals surface area contributed by atoms with Gasteiger partial charge in [0.2, 0.25) is 0 Å². The van der Waals surface area contributed by atoms with E-state index in [2.05, 4.69) is 53.1 Å². The summed E-state index contributed by atoms with van der Waals surface area (Å²) in [7, 11) is 4.20. The van der Waals surface area contributed by atoms with Gasteiger partial charge in [-0.05, 0) is 42.4 Å². The Morgan fingerprint density at radius 2 is 2.14 bits per heavy atom. The second-order valence-corrected chi connectivity index (χ2v) is 6.29. The zero-order valence-corrected chi connectivity index (χ0v) is 13.4. The van der Waals surface area contributed by atoms with E-state index in [1.54, 1.807) is 0 Å². The minimum absolute atomic E-state index is 0.303. The number of hydrogen-bond donors (Lipinski definition) is 1. The molecule has 1 aromatic carbocycles. The van der Waals surface area contributed by atoms with Crippen LogP contribution in [0.5, 0.6) is 0 Å².